The summed E-state index contributed by atoms with van der Waals surface area (Å²) in [5.74, 6) is -0.275. The molecule has 0 spiro atoms. The van der Waals surface area contributed by atoms with Gasteiger partial charge >= 0.3 is 0 Å². The van der Waals surface area contributed by atoms with Gasteiger partial charge in [-0.1, -0.05) is 0 Å². The zero-order chi connectivity index (χ0) is 13.5. The first-order chi connectivity index (χ1) is 8.33. The maximum atomic E-state index is 12.4. The zero-order valence-corrected chi connectivity index (χ0v) is 11.0. The van der Waals surface area contributed by atoms with Crippen molar-refractivity contribution in [3.63, 3.8) is 0 Å². The van der Waals surface area contributed by atoms with Crippen LogP contribution in [0.5, 0.6) is 0 Å². The first-order valence-electron chi connectivity index (χ1n) is 5.90. The van der Waals surface area contributed by atoms with Gasteiger partial charge in [0.05, 0.1) is 11.9 Å². The number of hydrogen-bond acceptors (Lipinski definition) is 3. The lowest BCUT2D eigenvalue weighted by atomic mass is 9.97. The Hall–Kier alpha value is -1.91. The normalized spacial score (nSPS) is 22.9. The molecular formula is C13H17N3O2. The topological polar surface area (TPSA) is 62.3 Å². The maximum Gasteiger partial charge on any atom is 0.252 e. The van der Waals surface area contributed by atoms with E-state index >= 15 is 0 Å². The van der Waals surface area contributed by atoms with Crippen LogP contribution in [-0.2, 0) is 9.59 Å². The Morgan fingerprint density at radius 3 is 2.61 bits per heavy atom. The molecular weight excluding hydrogens is 230 g/mol. The molecule has 1 unspecified atom stereocenters. The summed E-state index contributed by atoms with van der Waals surface area (Å²) in [6.45, 7) is 7.02. The summed E-state index contributed by atoms with van der Waals surface area (Å²) in [6.07, 6.45) is 3.32. The summed E-state index contributed by atoms with van der Waals surface area (Å²) >= 11 is 0. The van der Waals surface area contributed by atoms with Gasteiger partial charge in [-0.3, -0.25) is 19.5 Å². The molecule has 0 aromatic carbocycles. The van der Waals surface area contributed by atoms with E-state index < -0.39 is 11.6 Å². The van der Waals surface area contributed by atoms with E-state index in [9.17, 15) is 9.59 Å². The minimum absolute atomic E-state index is 0.123. The predicted octanol–water partition coefficient (Wildman–Crippen LogP) is 1.02. The fourth-order valence-corrected chi connectivity index (χ4v) is 2.07. The molecule has 5 nitrogen and oxygen atoms in total. The fourth-order valence-electron chi connectivity index (χ4n) is 2.07. The van der Waals surface area contributed by atoms with Crippen molar-refractivity contribution in [2.45, 2.75) is 39.3 Å². The average molecular weight is 247 g/mol. The predicted molar refractivity (Wildman–Crippen MR) is 68.1 cm³/mol. The number of carbonyl (C=O) groups excluding carboxylic acids is 2. The number of aromatic nitrogens is 1. The van der Waals surface area contributed by atoms with Crippen LogP contribution in [0.15, 0.2) is 18.5 Å². The van der Waals surface area contributed by atoms with Crippen molar-refractivity contribution in [1.82, 2.24) is 10.3 Å². The van der Waals surface area contributed by atoms with E-state index in [1.54, 1.807) is 33.2 Å². The van der Waals surface area contributed by atoms with Crippen molar-refractivity contribution in [2.24, 2.45) is 0 Å². The van der Waals surface area contributed by atoms with Gasteiger partial charge in [0.1, 0.15) is 11.6 Å². The summed E-state index contributed by atoms with van der Waals surface area (Å²) in [5.41, 5.74) is 0.736. The van der Waals surface area contributed by atoms with Crippen LogP contribution in [0, 0.1) is 6.92 Å². The average Bonchev–Trinajstić information content (AvgIpc) is 2.27. The smallest absolute Gasteiger partial charge is 0.252 e. The minimum atomic E-state index is -0.882. The molecule has 2 heterocycles. The van der Waals surface area contributed by atoms with Gasteiger partial charge in [0, 0.05) is 6.20 Å². The van der Waals surface area contributed by atoms with Gasteiger partial charge in [0.15, 0.2) is 0 Å². The van der Waals surface area contributed by atoms with Gasteiger partial charge in [0.2, 0.25) is 5.91 Å². The second-order valence-corrected chi connectivity index (χ2v) is 5.19. The summed E-state index contributed by atoms with van der Waals surface area (Å²) in [4.78, 5) is 29.9. The summed E-state index contributed by atoms with van der Waals surface area (Å²) in [7, 11) is 0. The molecule has 1 N–H and O–H groups in total. The van der Waals surface area contributed by atoms with Crippen molar-refractivity contribution in [3.05, 3.63) is 24.0 Å². The van der Waals surface area contributed by atoms with Gasteiger partial charge in [0.25, 0.3) is 5.91 Å². The van der Waals surface area contributed by atoms with Crippen LogP contribution in [0.1, 0.15) is 26.3 Å². The van der Waals surface area contributed by atoms with Crippen molar-refractivity contribution < 1.29 is 9.59 Å². The summed E-state index contributed by atoms with van der Waals surface area (Å²) in [6, 6.07) is 1.34. The Morgan fingerprint density at radius 1 is 1.33 bits per heavy atom. The number of pyridine rings is 1. The maximum absolute atomic E-state index is 12.4. The van der Waals surface area contributed by atoms with Crippen LogP contribution in [0.25, 0.3) is 0 Å². The van der Waals surface area contributed by atoms with E-state index in [4.69, 9.17) is 0 Å². The molecule has 0 bridgehead atoms. The minimum Gasteiger partial charge on any atom is -0.340 e. The summed E-state index contributed by atoms with van der Waals surface area (Å²) in [5, 5.41) is 2.72. The van der Waals surface area contributed by atoms with Gasteiger partial charge in [-0.15, -0.1) is 0 Å². The number of nitrogens with one attached hydrogen (secondary N) is 1. The van der Waals surface area contributed by atoms with Crippen molar-refractivity contribution in [2.75, 3.05) is 4.90 Å². The molecule has 1 aromatic heterocycles. The lowest BCUT2D eigenvalue weighted by Crippen LogP contribution is -2.67. The molecule has 0 radical (unpaired) electrons. The zero-order valence-electron chi connectivity index (χ0n) is 11.0. The Balaban J connectivity index is 2.46. The number of piperazine rings is 1. The number of rotatable bonds is 1. The van der Waals surface area contributed by atoms with Gasteiger partial charge in [-0.25, -0.2) is 0 Å². The summed E-state index contributed by atoms with van der Waals surface area (Å²) < 4.78 is 0. The Bertz CT molecular complexity index is 511. The monoisotopic (exact) mass is 247 g/mol. The molecule has 1 aliphatic heterocycles. The number of aryl methyl sites for hydroxylation is 1. The third-order valence-electron chi connectivity index (χ3n) is 3.09. The molecule has 96 valence electrons. The number of nitrogens with zero attached hydrogens (tertiary/aromatic N) is 2. The second kappa shape index (κ2) is 4.08. The molecule has 1 aliphatic rings. The van der Waals surface area contributed by atoms with Crippen LogP contribution in [0.3, 0.4) is 0 Å². The van der Waals surface area contributed by atoms with Crippen LogP contribution in [0.2, 0.25) is 0 Å². The lowest BCUT2D eigenvalue weighted by molar-refractivity contribution is -0.136. The molecule has 1 atom stereocenters. The van der Waals surface area contributed by atoms with E-state index in [0.29, 0.717) is 5.69 Å². The van der Waals surface area contributed by atoms with Crippen LogP contribution >= 0.6 is 0 Å². The molecule has 1 fully saturated rings. The van der Waals surface area contributed by atoms with Gasteiger partial charge < -0.3 is 5.32 Å². The number of anilines is 1. The third-order valence-corrected chi connectivity index (χ3v) is 3.09. The first-order valence-corrected chi connectivity index (χ1v) is 5.90. The van der Waals surface area contributed by atoms with E-state index in [1.807, 2.05) is 13.0 Å². The quantitative estimate of drug-likeness (QED) is 0.806. The highest BCUT2D eigenvalue weighted by atomic mass is 16.2. The van der Waals surface area contributed by atoms with Gasteiger partial charge in [-0.05, 0) is 39.3 Å². The first kappa shape index (κ1) is 12.5. The highest BCUT2D eigenvalue weighted by molar-refractivity contribution is 6.10. The largest absolute Gasteiger partial charge is 0.340 e. The van der Waals surface area contributed by atoms with E-state index in [1.165, 1.54) is 4.90 Å². The molecule has 5 heteroatoms. The van der Waals surface area contributed by atoms with E-state index in [2.05, 4.69) is 10.3 Å². The fraction of sp³-hybridized carbons (Fsp3) is 0.462. The second-order valence-electron chi connectivity index (χ2n) is 5.19. The van der Waals surface area contributed by atoms with E-state index in [-0.39, 0.29) is 11.8 Å². The SMILES string of the molecule is Cc1cncc(N2C(=O)C(C)(C)NC(=O)C2C)c1. The lowest BCUT2D eigenvalue weighted by Gasteiger charge is -2.41. The van der Waals surface area contributed by atoms with Crippen LogP contribution < -0.4 is 10.2 Å². The third kappa shape index (κ3) is 1.96. The van der Waals surface area contributed by atoms with Crippen molar-refractivity contribution >= 4 is 17.5 Å². The molecule has 1 saturated heterocycles. The number of hydrogen-bond donors (Lipinski definition) is 1. The van der Waals surface area contributed by atoms with Crippen molar-refractivity contribution in [1.29, 1.82) is 0 Å². The Morgan fingerprint density at radius 2 is 2.00 bits per heavy atom. The highest BCUT2D eigenvalue weighted by Gasteiger charge is 2.44. The highest BCUT2D eigenvalue weighted by Crippen LogP contribution is 2.25. The Kier molecular flexibility index (Phi) is 2.84. The van der Waals surface area contributed by atoms with Crippen molar-refractivity contribution in [3.8, 4) is 0 Å². The molecule has 0 aliphatic carbocycles. The van der Waals surface area contributed by atoms with Gasteiger partial charge in [-0.2, -0.15) is 0 Å². The number of carbonyl (C=O) groups is 2. The van der Waals surface area contributed by atoms with Crippen LogP contribution in [0.4, 0.5) is 5.69 Å². The number of amides is 2. The van der Waals surface area contributed by atoms with Crippen LogP contribution in [-0.4, -0.2) is 28.4 Å². The Labute approximate surface area is 106 Å². The van der Waals surface area contributed by atoms with E-state index in [0.717, 1.165) is 5.56 Å². The molecule has 0 saturated carbocycles. The molecule has 1 aromatic rings. The standard InChI is InChI=1S/C13H17N3O2/c1-8-5-10(7-14-6-8)16-9(2)11(17)15-13(3,4)12(16)18/h5-7,9H,1-4H3,(H,15,17). The molecule has 2 amide bonds. The molecule has 18 heavy (non-hydrogen) atoms. The molecule has 2 rings (SSSR count).